The Labute approximate surface area is 788 Å². The fourth-order valence-electron chi connectivity index (χ4n) is 13.7. The maximum Gasteiger partial charge on any atom is 0.475 e. The Morgan fingerprint density at radius 1 is 0.409 bits per heavy atom. The number of halogens is 1. The third-order valence-electron chi connectivity index (χ3n) is 20.1. The number of nitrogens with zero attached hydrogens (tertiary/aromatic N) is 6. The van der Waals surface area contributed by atoms with Gasteiger partial charge < -0.3 is 50.4 Å². The first kappa shape index (κ1) is 108. The molecule has 2 aromatic heterocycles. The lowest BCUT2D eigenvalue weighted by atomic mass is 9.92. The molecule has 0 saturated carbocycles. The van der Waals surface area contributed by atoms with Crippen LogP contribution in [0.5, 0.6) is 0 Å². The van der Waals surface area contributed by atoms with Crippen LogP contribution >= 0.6 is 40.7 Å². The molecule has 0 radical (unpaired) electrons. The molecular weight excluding hydrogens is 1760 g/mol. The summed E-state index contributed by atoms with van der Waals surface area (Å²) in [6, 6.07) is 69.7. The molecule has 2 atom stereocenters. The average Bonchev–Trinajstić information content (AvgIpc) is 0.696. The third kappa shape index (κ3) is 37.3. The highest BCUT2D eigenvalue weighted by molar-refractivity contribution is 7.59. The number of hydrogen-bond acceptors (Lipinski definition) is 21. The van der Waals surface area contributed by atoms with Crippen molar-refractivity contribution in [2.45, 2.75) is 160 Å². The Morgan fingerprint density at radius 3 is 1.05 bits per heavy atom. The minimum absolute atomic E-state index is 0. The number of esters is 1. The first-order valence-electron chi connectivity index (χ1n) is 43.7. The van der Waals surface area contributed by atoms with Gasteiger partial charge in [-0.25, -0.2) is 38.3 Å². The summed E-state index contributed by atoms with van der Waals surface area (Å²) in [6.45, 7) is 27.5. The highest BCUT2D eigenvalue weighted by atomic mass is 35.5. The number of anilines is 8. The fraction of sp³-hybridized carbons (Fsp3) is 0.360. The topological polar surface area (TPSA) is 327 Å². The molecule has 0 saturated heterocycles. The van der Waals surface area contributed by atoms with Gasteiger partial charge in [0.1, 0.15) is 11.6 Å². The molecule has 2 heterocycles. The standard InChI is InChI=1S/C50H62N5O9P.C27H39N3O3.C23H24ClN2O6P.H2S/c1-8-41(42-23-26-46(55(30-36(2)3)31-37(4)5)45(28-42)53-49(57)52-44-24-21-38(6)22-25-44)29-47(56)60-35-61-50(58)54(7)48-43(20-15-27-51-48)34-64-65(59,62-32-39-16-11-9-12-17-39)63-33-40-18-13-10-14-19-40;1-7-21(15-26(31)32)22-10-13-25(30(16-18(2)3)17-19(4)5)24(14-22)29-27(33)28-23-11-8-20(6)9-12-23;1-26(23(27)29-18-24)22-21(13-8-14-25-22)17-32-33(28,30-15-19-9-4-2-5-10-19)31-16-20-11-6-3-7-12-20;/h9-28,36-37,41H,8,29-35H2,1-7H3,(H2,52,53,57);8-14,18-19,21H,7,15-17H2,1-6H3,(H,31,32)(H2,28,29,33);2-14H,15-18H2,1H3;1H2/t41-;21-;;/m00../s1. The smallest absolute Gasteiger partial charge is 0.475 e. The van der Waals surface area contributed by atoms with Crippen molar-refractivity contribution in [3.8, 4) is 0 Å². The van der Waals surface area contributed by atoms with Gasteiger partial charge in [0.15, 0.2) is 6.07 Å². The van der Waals surface area contributed by atoms with Gasteiger partial charge in [0.2, 0.25) is 6.79 Å². The van der Waals surface area contributed by atoms with E-state index in [9.17, 15) is 43.0 Å². The summed E-state index contributed by atoms with van der Waals surface area (Å²) in [4.78, 5) is 91.6. The second kappa shape index (κ2) is 55.8. The number of hydrogen-bond donors (Lipinski definition) is 5. The second-order valence-electron chi connectivity index (χ2n) is 33.0. The number of phosphoric acid groups is 2. The van der Waals surface area contributed by atoms with Crippen molar-refractivity contribution in [1.29, 1.82) is 0 Å². The van der Waals surface area contributed by atoms with Crippen LogP contribution in [0.4, 0.5) is 64.9 Å². The van der Waals surface area contributed by atoms with Crippen LogP contribution in [0.1, 0.15) is 162 Å². The maximum absolute atomic E-state index is 13.9. The van der Waals surface area contributed by atoms with Crippen molar-refractivity contribution in [1.82, 2.24) is 9.97 Å². The zero-order valence-corrected chi connectivity index (χ0v) is 81.3. The zero-order chi connectivity index (χ0) is 94.8. The van der Waals surface area contributed by atoms with E-state index >= 15 is 0 Å². The number of aromatic nitrogens is 2. The van der Waals surface area contributed by atoms with E-state index in [2.05, 4.69) is 96.4 Å². The predicted molar refractivity (Wildman–Crippen MR) is 527 cm³/mol. The number of alkyl halides is 1. The van der Waals surface area contributed by atoms with Crippen LogP contribution in [0.2, 0.25) is 0 Å². The van der Waals surface area contributed by atoms with Crippen LogP contribution < -0.4 is 40.9 Å². The van der Waals surface area contributed by atoms with Crippen molar-refractivity contribution in [2.75, 3.05) is 94.0 Å². The number of carboxylic acid groups (broad SMARTS) is 1. The van der Waals surface area contributed by atoms with Gasteiger partial charge in [-0.05, 0) is 156 Å². The Morgan fingerprint density at radius 2 is 0.735 bits per heavy atom. The summed E-state index contributed by atoms with van der Waals surface area (Å²) in [5, 5.41) is 21.3. The summed E-state index contributed by atoms with van der Waals surface area (Å²) in [6.07, 6.45) is 2.83. The number of aliphatic carboxylic acids is 1. The monoisotopic (exact) mass is 1880 g/mol. The molecule has 0 aliphatic rings. The van der Waals surface area contributed by atoms with E-state index in [-0.39, 0.29) is 108 Å². The van der Waals surface area contributed by atoms with Gasteiger partial charge in [-0.1, -0.05) is 262 Å². The Bertz CT molecular complexity index is 5200. The molecule has 0 unspecified atom stereocenters. The summed E-state index contributed by atoms with van der Waals surface area (Å²) < 4.78 is 77.1. The molecule has 0 spiro atoms. The molecule has 0 fully saturated rings. The quantitative estimate of drug-likeness (QED) is 0.0102. The molecule has 28 nitrogen and oxygen atoms in total. The van der Waals surface area contributed by atoms with E-state index < -0.39 is 46.6 Å². The molecule has 6 amide bonds. The number of aryl methyl sites for hydroxylation is 2. The van der Waals surface area contributed by atoms with Crippen molar-refractivity contribution in [3.63, 3.8) is 0 Å². The SMILES string of the molecule is CC[C@@H](CC(=O)O)c1ccc(N(CC(C)C)CC(C)C)c(NC(=O)Nc2ccc(C)cc2)c1.CC[C@@H](CC(=O)OCOC(=O)N(C)c1ncccc1COP(=O)(OCc1ccccc1)OCc1ccccc1)c1ccc(N(CC(C)C)CC(C)C)c(NC(=O)Nc2ccc(C)cc2)c1.CN(C(=O)OCCl)c1ncccc1COP(=O)(OCc1ccccc1)OCc1ccccc1.S. The maximum atomic E-state index is 13.9. The lowest BCUT2D eigenvalue weighted by Gasteiger charge is -2.31. The highest BCUT2D eigenvalue weighted by Crippen LogP contribution is 2.53. The van der Waals surface area contributed by atoms with Crippen LogP contribution in [0.15, 0.2) is 243 Å². The minimum Gasteiger partial charge on any atom is -0.481 e. The number of phosphoric ester groups is 2. The fourth-order valence-corrected chi connectivity index (χ4v) is 16.0. The zero-order valence-electron chi connectivity index (χ0n) is 77.7. The van der Waals surface area contributed by atoms with Crippen molar-refractivity contribution < 1.29 is 84.4 Å². The number of ether oxygens (including phenoxy) is 3. The minimum atomic E-state index is -4.14. The van der Waals surface area contributed by atoms with E-state index in [0.717, 1.165) is 87.0 Å². The van der Waals surface area contributed by atoms with E-state index in [4.69, 9.17) is 53.0 Å². The summed E-state index contributed by atoms with van der Waals surface area (Å²) >= 11 is 5.47. The number of rotatable bonds is 45. The molecule has 8 aromatic carbocycles. The number of amides is 6. The number of carbonyl (C=O) groups excluding carboxylic acids is 5. The average molecular weight is 1890 g/mol. The van der Waals surface area contributed by atoms with Gasteiger partial charge in [0, 0.05) is 75.2 Å². The lowest BCUT2D eigenvalue weighted by Crippen LogP contribution is -2.32. The highest BCUT2D eigenvalue weighted by Gasteiger charge is 2.32. The van der Waals surface area contributed by atoms with Crippen molar-refractivity contribution in [3.05, 3.63) is 299 Å². The van der Waals surface area contributed by atoms with Crippen molar-refractivity contribution in [2.24, 2.45) is 23.7 Å². The van der Waals surface area contributed by atoms with Crippen LogP contribution in [0.25, 0.3) is 0 Å². The summed E-state index contributed by atoms with van der Waals surface area (Å²) in [5.74, 6) is 0.309. The molecule has 32 heteroatoms. The van der Waals surface area contributed by atoms with E-state index in [1.807, 2.05) is 234 Å². The predicted octanol–water partition coefficient (Wildman–Crippen LogP) is 24.6. The number of pyridine rings is 2. The van der Waals surface area contributed by atoms with Gasteiger partial charge in [0.05, 0.1) is 75.2 Å². The lowest BCUT2D eigenvalue weighted by molar-refractivity contribution is -0.152. The van der Waals surface area contributed by atoms with Gasteiger partial charge in [-0.15, -0.1) is 0 Å². The molecule has 5 N–H and O–H groups in total. The molecule has 708 valence electrons. The van der Waals surface area contributed by atoms with E-state index in [1.54, 1.807) is 24.3 Å². The summed E-state index contributed by atoms with van der Waals surface area (Å²) in [7, 11) is -5.20. The van der Waals surface area contributed by atoms with Gasteiger partial charge in [-0.3, -0.25) is 46.5 Å². The van der Waals surface area contributed by atoms with Gasteiger partial charge >= 0.3 is 51.8 Å². The van der Waals surface area contributed by atoms with Crippen LogP contribution in [-0.2, 0) is 99.7 Å². The van der Waals surface area contributed by atoms with Crippen LogP contribution in [0.3, 0.4) is 0 Å². The number of nitrogens with one attached hydrogen (secondary N) is 4. The largest absolute Gasteiger partial charge is 0.481 e. The first-order valence-corrected chi connectivity index (χ1v) is 47.2. The Kier molecular flexibility index (Phi) is 45.5. The Balaban J connectivity index is 0.000000298. The molecule has 132 heavy (non-hydrogen) atoms. The number of urea groups is 2. The second-order valence-corrected chi connectivity index (χ2v) is 36.5. The van der Waals surface area contributed by atoms with Crippen LogP contribution in [-0.4, -0.2) is 104 Å². The number of benzene rings is 8. The van der Waals surface area contributed by atoms with Crippen molar-refractivity contribution >= 4 is 123 Å². The normalized spacial score (nSPS) is 11.6. The Hall–Kier alpha value is -11.5. The number of carbonyl (C=O) groups is 6. The molecule has 10 aromatic rings. The molecule has 0 bridgehead atoms. The van der Waals surface area contributed by atoms with Crippen LogP contribution in [0, 0.1) is 37.5 Å². The molecule has 0 aliphatic carbocycles. The third-order valence-corrected chi connectivity index (χ3v) is 22.9. The molecule has 0 aliphatic heterocycles. The van der Waals surface area contributed by atoms with Gasteiger partial charge in [-0.2, -0.15) is 13.5 Å². The van der Waals surface area contributed by atoms with E-state index in [0.29, 0.717) is 70.4 Å². The first-order chi connectivity index (χ1) is 62.8. The number of carboxylic acids is 1. The molecular formula is C100H127ClN10O18P2S. The molecule has 10 rings (SSSR count). The summed E-state index contributed by atoms with van der Waals surface area (Å²) in [5.41, 5.74) is 12.6. The van der Waals surface area contributed by atoms with Gasteiger partial charge in [0.25, 0.3) is 0 Å². The van der Waals surface area contributed by atoms with E-state index in [1.165, 1.54) is 31.4 Å².